The number of halogens is 1. The third-order valence-corrected chi connectivity index (χ3v) is 5.67. The van der Waals surface area contributed by atoms with E-state index in [1.807, 2.05) is 0 Å². The number of anilines is 1. The Morgan fingerprint density at radius 3 is 2.56 bits per heavy atom. The smallest absolute Gasteiger partial charge is 0.186 e. The molecule has 0 spiro atoms. The first-order valence-corrected chi connectivity index (χ1v) is 8.57. The number of rotatable bonds is 3. The van der Waals surface area contributed by atoms with Crippen molar-refractivity contribution in [2.75, 3.05) is 37.6 Å². The third kappa shape index (κ3) is 3.06. The second kappa shape index (κ2) is 5.88. The van der Waals surface area contributed by atoms with Gasteiger partial charge >= 0.3 is 0 Å². The van der Waals surface area contributed by atoms with Gasteiger partial charge in [-0.3, -0.25) is 0 Å². The average molecular weight is 330 g/mol. The van der Waals surface area contributed by atoms with E-state index in [9.17, 15) is 0 Å². The molecular formula is C13H20BrN3S. The largest absolute Gasteiger partial charge is 0.348 e. The van der Waals surface area contributed by atoms with Gasteiger partial charge < -0.3 is 9.80 Å². The molecule has 2 fully saturated rings. The molecule has 0 atom stereocenters. The van der Waals surface area contributed by atoms with Gasteiger partial charge in [0.1, 0.15) is 4.60 Å². The van der Waals surface area contributed by atoms with Gasteiger partial charge in [0.25, 0.3) is 0 Å². The lowest BCUT2D eigenvalue weighted by atomic mass is 9.96. The first-order valence-electron chi connectivity index (χ1n) is 6.89. The van der Waals surface area contributed by atoms with Crippen molar-refractivity contribution in [3.05, 3.63) is 9.98 Å². The van der Waals surface area contributed by atoms with Gasteiger partial charge in [-0.2, -0.15) is 0 Å². The summed E-state index contributed by atoms with van der Waals surface area (Å²) in [7, 11) is 0. The van der Waals surface area contributed by atoms with Crippen molar-refractivity contribution >= 4 is 32.4 Å². The summed E-state index contributed by atoms with van der Waals surface area (Å²) in [5.41, 5.74) is 0. The minimum atomic E-state index is 0.905. The Balaban J connectivity index is 1.48. The zero-order valence-corrected chi connectivity index (χ0v) is 13.0. The minimum absolute atomic E-state index is 0.905. The fourth-order valence-corrected chi connectivity index (χ4v) is 4.33. The molecule has 3 rings (SSSR count). The van der Waals surface area contributed by atoms with Crippen LogP contribution in [0.1, 0.15) is 25.7 Å². The molecule has 1 aromatic heterocycles. The molecule has 0 radical (unpaired) electrons. The predicted molar refractivity (Wildman–Crippen MR) is 80.4 cm³/mol. The molecule has 100 valence electrons. The van der Waals surface area contributed by atoms with Crippen LogP contribution < -0.4 is 4.90 Å². The molecule has 18 heavy (non-hydrogen) atoms. The van der Waals surface area contributed by atoms with Crippen LogP contribution in [0.5, 0.6) is 0 Å². The molecule has 3 heterocycles. The SMILES string of the molecule is Brc1csc(N2CCC(CN3CCCC3)CC2)n1. The number of aromatic nitrogens is 1. The van der Waals surface area contributed by atoms with Gasteiger partial charge in [-0.15, -0.1) is 11.3 Å². The molecule has 0 unspecified atom stereocenters. The van der Waals surface area contributed by atoms with E-state index in [0.29, 0.717) is 0 Å². The average Bonchev–Trinajstić information content (AvgIpc) is 3.02. The van der Waals surface area contributed by atoms with E-state index in [0.717, 1.165) is 10.5 Å². The van der Waals surface area contributed by atoms with E-state index in [1.165, 1.54) is 63.5 Å². The molecule has 0 N–H and O–H groups in total. The normalized spacial score (nSPS) is 22.8. The van der Waals surface area contributed by atoms with E-state index >= 15 is 0 Å². The van der Waals surface area contributed by atoms with Gasteiger partial charge in [-0.05, 0) is 60.6 Å². The maximum absolute atomic E-state index is 4.51. The van der Waals surface area contributed by atoms with E-state index in [4.69, 9.17) is 0 Å². The molecule has 0 saturated carbocycles. The zero-order chi connectivity index (χ0) is 12.4. The lowest BCUT2D eigenvalue weighted by Crippen LogP contribution is -2.38. The van der Waals surface area contributed by atoms with Crippen molar-refractivity contribution in [2.45, 2.75) is 25.7 Å². The molecule has 0 aromatic carbocycles. The predicted octanol–water partition coefficient (Wildman–Crippen LogP) is 3.22. The van der Waals surface area contributed by atoms with Crippen LogP contribution >= 0.6 is 27.3 Å². The Morgan fingerprint density at radius 1 is 1.22 bits per heavy atom. The molecule has 2 aliphatic rings. The molecule has 2 saturated heterocycles. The monoisotopic (exact) mass is 329 g/mol. The maximum atomic E-state index is 4.51. The maximum Gasteiger partial charge on any atom is 0.186 e. The van der Waals surface area contributed by atoms with Crippen LogP contribution in [-0.4, -0.2) is 42.6 Å². The first kappa shape index (κ1) is 12.9. The summed E-state index contributed by atoms with van der Waals surface area (Å²) >= 11 is 5.18. The molecule has 0 bridgehead atoms. The first-order chi connectivity index (χ1) is 8.81. The number of thiazole rings is 1. The summed E-state index contributed by atoms with van der Waals surface area (Å²) in [6.07, 6.45) is 5.47. The third-order valence-electron chi connectivity index (χ3n) is 4.06. The van der Waals surface area contributed by atoms with Crippen molar-refractivity contribution < 1.29 is 0 Å². The van der Waals surface area contributed by atoms with Crippen LogP contribution in [0.15, 0.2) is 9.98 Å². The van der Waals surface area contributed by atoms with Crippen molar-refractivity contribution in [3.8, 4) is 0 Å². The minimum Gasteiger partial charge on any atom is -0.348 e. The van der Waals surface area contributed by atoms with E-state index in [2.05, 4.69) is 36.1 Å². The second-order valence-corrected chi connectivity index (χ2v) is 7.04. The number of nitrogens with zero attached hydrogens (tertiary/aromatic N) is 3. The summed E-state index contributed by atoms with van der Waals surface area (Å²) in [6.45, 7) is 6.35. The number of hydrogen-bond donors (Lipinski definition) is 0. The summed E-state index contributed by atoms with van der Waals surface area (Å²) in [5.74, 6) is 0.905. The molecule has 0 amide bonds. The van der Waals surface area contributed by atoms with Crippen LogP contribution in [0.4, 0.5) is 5.13 Å². The van der Waals surface area contributed by atoms with Crippen molar-refractivity contribution in [1.29, 1.82) is 0 Å². The van der Waals surface area contributed by atoms with Gasteiger partial charge in [0.05, 0.1) is 0 Å². The summed E-state index contributed by atoms with van der Waals surface area (Å²) in [4.78, 5) is 9.61. The summed E-state index contributed by atoms with van der Waals surface area (Å²) in [5, 5.41) is 3.26. The van der Waals surface area contributed by atoms with E-state index in [-0.39, 0.29) is 0 Å². The standard InChI is InChI=1S/C13H20BrN3S/c14-12-10-18-13(15-12)17-7-3-11(4-8-17)9-16-5-1-2-6-16/h10-11H,1-9H2. The molecule has 3 nitrogen and oxygen atoms in total. The number of piperidine rings is 1. The van der Waals surface area contributed by atoms with Gasteiger partial charge in [0.15, 0.2) is 5.13 Å². The van der Waals surface area contributed by atoms with Crippen molar-refractivity contribution in [2.24, 2.45) is 5.92 Å². The van der Waals surface area contributed by atoms with Crippen LogP contribution in [-0.2, 0) is 0 Å². The van der Waals surface area contributed by atoms with Crippen molar-refractivity contribution in [3.63, 3.8) is 0 Å². The van der Waals surface area contributed by atoms with Gasteiger partial charge in [0, 0.05) is 25.0 Å². The van der Waals surface area contributed by atoms with E-state index in [1.54, 1.807) is 11.3 Å². The van der Waals surface area contributed by atoms with E-state index < -0.39 is 0 Å². The highest BCUT2D eigenvalue weighted by Gasteiger charge is 2.23. The highest BCUT2D eigenvalue weighted by atomic mass is 79.9. The Bertz CT molecular complexity index is 381. The topological polar surface area (TPSA) is 19.4 Å². The van der Waals surface area contributed by atoms with Crippen LogP contribution in [0.3, 0.4) is 0 Å². The quantitative estimate of drug-likeness (QED) is 0.848. The van der Waals surface area contributed by atoms with Gasteiger partial charge in [-0.1, -0.05) is 0 Å². The van der Waals surface area contributed by atoms with Crippen LogP contribution in [0.25, 0.3) is 0 Å². The number of hydrogen-bond acceptors (Lipinski definition) is 4. The summed E-state index contributed by atoms with van der Waals surface area (Å²) < 4.78 is 0.974. The molecule has 2 aliphatic heterocycles. The lowest BCUT2D eigenvalue weighted by molar-refractivity contribution is 0.249. The fourth-order valence-electron chi connectivity index (χ4n) is 3.03. The lowest BCUT2D eigenvalue weighted by Gasteiger charge is -2.33. The molecule has 5 heteroatoms. The zero-order valence-electron chi connectivity index (χ0n) is 10.6. The number of likely N-dealkylation sites (tertiary alicyclic amines) is 1. The highest BCUT2D eigenvalue weighted by molar-refractivity contribution is 9.10. The second-order valence-electron chi connectivity index (χ2n) is 5.39. The molecule has 1 aromatic rings. The Morgan fingerprint density at radius 2 is 1.94 bits per heavy atom. The Labute approximate surface area is 121 Å². The van der Waals surface area contributed by atoms with Crippen LogP contribution in [0, 0.1) is 5.92 Å². The molecule has 0 aliphatic carbocycles. The Hall–Kier alpha value is -0.130. The van der Waals surface area contributed by atoms with Crippen molar-refractivity contribution in [1.82, 2.24) is 9.88 Å². The van der Waals surface area contributed by atoms with Gasteiger partial charge in [0.2, 0.25) is 0 Å². The Kier molecular flexibility index (Phi) is 4.21. The highest BCUT2D eigenvalue weighted by Crippen LogP contribution is 2.28. The summed E-state index contributed by atoms with van der Waals surface area (Å²) in [6, 6.07) is 0. The fraction of sp³-hybridized carbons (Fsp3) is 0.769. The van der Waals surface area contributed by atoms with Crippen LogP contribution in [0.2, 0.25) is 0 Å². The van der Waals surface area contributed by atoms with Gasteiger partial charge in [-0.25, -0.2) is 4.98 Å². The molecular weight excluding hydrogens is 310 g/mol.